The van der Waals surface area contributed by atoms with Crippen LogP contribution in [0, 0.1) is 0 Å². The predicted molar refractivity (Wildman–Crippen MR) is 118 cm³/mol. The molecular weight excluding hydrogens is 412 g/mol. The molecule has 0 aliphatic rings. The molecule has 0 aliphatic heterocycles. The van der Waals surface area contributed by atoms with E-state index in [9.17, 15) is 19.2 Å². The molecule has 9 heteroatoms. The Hall–Kier alpha value is -3.72. The van der Waals surface area contributed by atoms with Gasteiger partial charge in [-0.1, -0.05) is 60.7 Å². The molecule has 9 nitrogen and oxygen atoms in total. The van der Waals surface area contributed by atoms with Crippen molar-refractivity contribution >= 4 is 23.7 Å². The van der Waals surface area contributed by atoms with E-state index in [1.54, 1.807) is 24.3 Å². The van der Waals surface area contributed by atoms with Crippen LogP contribution in [0.1, 0.15) is 18.1 Å². The normalized spacial score (nSPS) is 13.3. The lowest BCUT2D eigenvalue weighted by atomic mass is 10.0. The SMILES string of the molecule is CC(NC(=O)C(Cc1ccccc1)NC(=O)C(Cc1ccccc1)NC(=O)CN)C(=O)O. The number of nitrogens with two attached hydrogens (primary N) is 1. The second-order valence-corrected chi connectivity index (χ2v) is 7.33. The number of benzene rings is 2. The highest BCUT2D eigenvalue weighted by Crippen LogP contribution is 2.07. The van der Waals surface area contributed by atoms with E-state index in [0.29, 0.717) is 0 Å². The van der Waals surface area contributed by atoms with Gasteiger partial charge < -0.3 is 26.8 Å². The molecule has 2 aromatic carbocycles. The number of carboxylic acid groups (broad SMARTS) is 1. The topological polar surface area (TPSA) is 151 Å². The first kappa shape index (κ1) is 24.5. The number of carbonyl (C=O) groups is 4. The Morgan fingerprint density at radius 3 is 1.66 bits per heavy atom. The summed E-state index contributed by atoms with van der Waals surface area (Å²) >= 11 is 0. The summed E-state index contributed by atoms with van der Waals surface area (Å²) in [6.45, 7) is 1.05. The van der Waals surface area contributed by atoms with Crippen LogP contribution >= 0.6 is 0 Å². The molecular formula is C23H28N4O5. The Bertz CT molecular complexity index is 920. The summed E-state index contributed by atoms with van der Waals surface area (Å²) in [7, 11) is 0. The van der Waals surface area contributed by atoms with Crippen LogP contribution < -0.4 is 21.7 Å². The molecule has 0 radical (unpaired) electrons. The molecule has 170 valence electrons. The molecule has 6 N–H and O–H groups in total. The maximum Gasteiger partial charge on any atom is 0.325 e. The summed E-state index contributed by atoms with van der Waals surface area (Å²) < 4.78 is 0. The third-order valence-corrected chi connectivity index (χ3v) is 4.76. The van der Waals surface area contributed by atoms with E-state index >= 15 is 0 Å². The Morgan fingerprint density at radius 1 is 0.781 bits per heavy atom. The van der Waals surface area contributed by atoms with Crippen molar-refractivity contribution < 1.29 is 24.3 Å². The van der Waals surface area contributed by atoms with E-state index in [-0.39, 0.29) is 19.4 Å². The molecule has 0 aliphatic carbocycles. The van der Waals surface area contributed by atoms with Crippen molar-refractivity contribution in [2.24, 2.45) is 5.73 Å². The van der Waals surface area contributed by atoms with E-state index in [1.807, 2.05) is 36.4 Å². The van der Waals surface area contributed by atoms with Crippen molar-refractivity contribution in [1.29, 1.82) is 0 Å². The van der Waals surface area contributed by atoms with E-state index < -0.39 is 41.8 Å². The number of nitrogens with one attached hydrogen (secondary N) is 3. The van der Waals surface area contributed by atoms with E-state index in [2.05, 4.69) is 16.0 Å². The van der Waals surface area contributed by atoms with Gasteiger partial charge in [0.1, 0.15) is 18.1 Å². The van der Waals surface area contributed by atoms with Gasteiger partial charge in [-0.25, -0.2) is 0 Å². The molecule has 0 saturated carbocycles. The molecule has 3 unspecified atom stereocenters. The summed E-state index contributed by atoms with van der Waals surface area (Å²) in [6.07, 6.45) is 0.345. The van der Waals surface area contributed by atoms with Crippen LogP contribution in [0.15, 0.2) is 60.7 Å². The van der Waals surface area contributed by atoms with Crippen molar-refractivity contribution in [3.63, 3.8) is 0 Å². The zero-order chi connectivity index (χ0) is 23.5. The lowest BCUT2D eigenvalue weighted by molar-refractivity contribution is -0.141. The molecule has 0 heterocycles. The Balaban J connectivity index is 2.21. The summed E-state index contributed by atoms with van der Waals surface area (Å²) in [6, 6.07) is 15.0. The Morgan fingerprint density at radius 2 is 1.22 bits per heavy atom. The highest BCUT2D eigenvalue weighted by atomic mass is 16.4. The lowest BCUT2D eigenvalue weighted by Crippen LogP contribution is -2.57. The number of hydrogen-bond acceptors (Lipinski definition) is 5. The van der Waals surface area contributed by atoms with Crippen molar-refractivity contribution in [2.45, 2.75) is 37.9 Å². The summed E-state index contributed by atoms with van der Waals surface area (Å²) in [5.74, 6) is -2.92. The van der Waals surface area contributed by atoms with Crippen LogP contribution in [0.3, 0.4) is 0 Å². The van der Waals surface area contributed by atoms with Crippen LogP contribution in [0.5, 0.6) is 0 Å². The molecule has 2 rings (SSSR count). The molecule has 0 fully saturated rings. The zero-order valence-corrected chi connectivity index (χ0v) is 17.8. The van der Waals surface area contributed by atoms with Gasteiger partial charge in [0.05, 0.1) is 6.54 Å². The number of hydrogen-bond donors (Lipinski definition) is 5. The summed E-state index contributed by atoms with van der Waals surface area (Å²) in [4.78, 5) is 48.9. The average Bonchev–Trinajstić information content (AvgIpc) is 2.79. The number of aliphatic carboxylic acids is 1. The fourth-order valence-corrected chi connectivity index (χ4v) is 3.02. The lowest BCUT2D eigenvalue weighted by Gasteiger charge is -2.24. The smallest absolute Gasteiger partial charge is 0.325 e. The first-order valence-corrected chi connectivity index (χ1v) is 10.2. The fraction of sp³-hybridized carbons (Fsp3) is 0.304. The maximum absolute atomic E-state index is 13.1. The maximum atomic E-state index is 13.1. The van der Waals surface area contributed by atoms with Crippen LogP contribution in [-0.2, 0) is 32.0 Å². The van der Waals surface area contributed by atoms with Gasteiger partial charge in [0.15, 0.2) is 0 Å². The predicted octanol–water partition coefficient (Wildman–Crippen LogP) is -0.0106. The molecule has 0 saturated heterocycles. The van der Waals surface area contributed by atoms with Crippen LogP contribution in [0.25, 0.3) is 0 Å². The monoisotopic (exact) mass is 440 g/mol. The van der Waals surface area contributed by atoms with Crippen molar-refractivity contribution in [1.82, 2.24) is 16.0 Å². The van der Waals surface area contributed by atoms with Gasteiger partial charge in [0.25, 0.3) is 0 Å². The van der Waals surface area contributed by atoms with Gasteiger partial charge in [-0.2, -0.15) is 0 Å². The van der Waals surface area contributed by atoms with Crippen molar-refractivity contribution in [3.8, 4) is 0 Å². The van der Waals surface area contributed by atoms with Gasteiger partial charge in [-0.15, -0.1) is 0 Å². The first-order valence-electron chi connectivity index (χ1n) is 10.2. The van der Waals surface area contributed by atoms with Crippen LogP contribution in [0.4, 0.5) is 0 Å². The molecule has 0 aromatic heterocycles. The standard InChI is InChI=1S/C23H28N4O5/c1-15(23(31)32)25-21(29)19(13-17-10-6-3-7-11-17)27-22(30)18(26-20(28)14-24)12-16-8-4-2-5-9-16/h2-11,15,18-19H,12-14,24H2,1H3,(H,25,29)(H,26,28)(H,27,30)(H,31,32). The highest BCUT2D eigenvalue weighted by Gasteiger charge is 2.28. The number of amides is 3. The fourth-order valence-electron chi connectivity index (χ4n) is 3.02. The van der Waals surface area contributed by atoms with Crippen molar-refractivity contribution in [2.75, 3.05) is 6.54 Å². The molecule has 3 amide bonds. The number of carbonyl (C=O) groups excluding carboxylic acids is 3. The van der Waals surface area contributed by atoms with E-state index in [4.69, 9.17) is 10.8 Å². The van der Waals surface area contributed by atoms with Gasteiger partial charge >= 0.3 is 5.97 Å². The van der Waals surface area contributed by atoms with Gasteiger partial charge in [-0.3, -0.25) is 19.2 Å². The van der Waals surface area contributed by atoms with E-state index in [1.165, 1.54) is 6.92 Å². The minimum absolute atomic E-state index is 0.146. The van der Waals surface area contributed by atoms with Crippen LogP contribution in [-0.4, -0.2) is 53.5 Å². The third-order valence-electron chi connectivity index (χ3n) is 4.76. The first-order chi connectivity index (χ1) is 15.3. The quantitative estimate of drug-likeness (QED) is 0.332. The van der Waals surface area contributed by atoms with Gasteiger partial charge in [-0.05, 0) is 18.1 Å². The molecule has 0 spiro atoms. The average molecular weight is 441 g/mol. The second-order valence-electron chi connectivity index (χ2n) is 7.33. The van der Waals surface area contributed by atoms with Gasteiger partial charge in [0.2, 0.25) is 17.7 Å². The highest BCUT2D eigenvalue weighted by molar-refractivity contribution is 5.93. The molecule has 3 atom stereocenters. The van der Waals surface area contributed by atoms with E-state index in [0.717, 1.165) is 11.1 Å². The third kappa shape index (κ3) is 7.84. The van der Waals surface area contributed by atoms with Crippen molar-refractivity contribution in [3.05, 3.63) is 71.8 Å². The summed E-state index contributed by atoms with van der Waals surface area (Å²) in [5, 5.41) is 16.7. The molecule has 32 heavy (non-hydrogen) atoms. The zero-order valence-electron chi connectivity index (χ0n) is 17.8. The number of rotatable bonds is 11. The second kappa shape index (κ2) is 12.2. The Kier molecular flexibility index (Phi) is 9.37. The number of carboxylic acids is 1. The van der Waals surface area contributed by atoms with Gasteiger partial charge in [0, 0.05) is 12.8 Å². The molecule has 0 bridgehead atoms. The minimum Gasteiger partial charge on any atom is -0.480 e. The minimum atomic E-state index is -1.19. The summed E-state index contributed by atoms with van der Waals surface area (Å²) in [5.41, 5.74) is 6.98. The largest absolute Gasteiger partial charge is 0.480 e. The molecule has 2 aromatic rings. The Labute approximate surface area is 186 Å². The van der Waals surface area contributed by atoms with Crippen LogP contribution in [0.2, 0.25) is 0 Å².